The van der Waals surface area contributed by atoms with E-state index in [4.69, 9.17) is 0 Å². The molecule has 130 valence electrons. The van der Waals surface area contributed by atoms with Gasteiger partial charge in [-0.05, 0) is 48.9 Å². The number of rotatable bonds is 4. The van der Waals surface area contributed by atoms with Crippen LogP contribution < -0.4 is 4.90 Å². The number of aliphatic hydroxyl groups is 1. The second kappa shape index (κ2) is 6.60. The summed E-state index contributed by atoms with van der Waals surface area (Å²) in [7, 11) is 0. The molecule has 2 unspecified atom stereocenters. The molecule has 1 heterocycles. The summed E-state index contributed by atoms with van der Waals surface area (Å²) in [5.74, 6) is -1.35. The van der Waals surface area contributed by atoms with E-state index in [1.807, 2.05) is 0 Å². The number of urea groups is 1. The monoisotopic (exact) mass is 346 g/mol. The maximum atomic E-state index is 13.1. The molecule has 25 heavy (non-hydrogen) atoms. The van der Waals surface area contributed by atoms with E-state index in [1.54, 1.807) is 6.92 Å². The maximum absolute atomic E-state index is 13.1. The van der Waals surface area contributed by atoms with Crippen LogP contribution in [0.25, 0.3) is 0 Å². The number of hydrogen-bond acceptors (Lipinski definition) is 3. The van der Waals surface area contributed by atoms with Crippen LogP contribution in [0, 0.1) is 11.6 Å². The van der Waals surface area contributed by atoms with E-state index >= 15 is 0 Å². The number of hydrogen-bond donors (Lipinski definition) is 1. The van der Waals surface area contributed by atoms with Gasteiger partial charge in [-0.15, -0.1) is 0 Å². The zero-order chi connectivity index (χ0) is 18.1. The maximum Gasteiger partial charge on any atom is 0.332 e. The summed E-state index contributed by atoms with van der Waals surface area (Å²) >= 11 is 0. The van der Waals surface area contributed by atoms with Crippen molar-refractivity contribution in [1.29, 1.82) is 0 Å². The van der Waals surface area contributed by atoms with E-state index in [-0.39, 0.29) is 6.54 Å². The summed E-state index contributed by atoms with van der Waals surface area (Å²) < 4.78 is 26.0. The van der Waals surface area contributed by atoms with E-state index < -0.39 is 35.7 Å². The van der Waals surface area contributed by atoms with Gasteiger partial charge in [-0.3, -0.25) is 14.6 Å². The van der Waals surface area contributed by atoms with E-state index in [1.165, 1.54) is 53.4 Å². The van der Waals surface area contributed by atoms with E-state index in [0.717, 1.165) is 4.90 Å². The highest BCUT2D eigenvalue weighted by molar-refractivity contribution is 6.14. The van der Waals surface area contributed by atoms with Crippen molar-refractivity contribution in [1.82, 2.24) is 4.90 Å². The quantitative estimate of drug-likeness (QED) is 0.866. The minimum atomic E-state index is -1.13. The molecule has 0 bridgehead atoms. The van der Waals surface area contributed by atoms with Crippen LogP contribution in [0.2, 0.25) is 0 Å². The molecule has 7 heteroatoms. The second-order valence-electron chi connectivity index (χ2n) is 5.82. The number of aliphatic hydroxyl groups excluding tert-OH is 1. The van der Waals surface area contributed by atoms with Crippen molar-refractivity contribution >= 4 is 17.6 Å². The number of carbonyl (C=O) groups is 2. The predicted octanol–water partition coefficient (Wildman–Crippen LogP) is 2.86. The fourth-order valence-electron chi connectivity index (χ4n) is 2.79. The first-order chi connectivity index (χ1) is 11.9. The SMILES string of the molecule is CC1C(=O)N(CC(O)c2ccc(F)cc2)C(=O)N1c1ccc(F)cc1. The molecule has 2 atom stereocenters. The Kier molecular flexibility index (Phi) is 4.50. The zero-order valence-electron chi connectivity index (χ0n) is 13.4. The first-order valence-electron chi connectivity index (χ1n) is 7.72. The van der Waals surface area contributed by atoms with Gasteiger partial charge in [0.1, 0.15) is 17.7 Å². The van der Waals surface area contributed by atoms with E-state index in [2.05, 4.69) is 0 Å². The molecule has 3 amide bonds. The average Bonchev–Trinajstić information content (AvgIpc) is 2.80. The first kappa shape index (κ1) is 17.0. The summed E-state index contributed by atoms with van der Waals surface area (Å²) in [6, 6.07) is 9.06. The van der Waals surface area contributed by atoms with Crippen LogP contribution in [0.5, 0.6) is 0 Å². The molecule has 1 fully saturated rings. The fraction of sp³-hybridized carbons (Fsp3) is 0.222. The van der Waals surface area contributed by atoms with Crippen LogP contribution in [0.15, 0.2) is 48.5 Å². The fourth-order valence-corrected chi connectivity index (χ4v) is 2.79. The van der Waals surface area contributed by atoms with Crippen molar-refractivity contribution < 1.29 is 23.5 Å². The molecule has 0 saturated carbocycles. The molecule has 0 spiro atoms. The summed E-state index contributed by atoms with van der Waals surface area (Å²) in [5.41, 5.74) is 0.793. The van der Waals surface area contributed by atoms with Crippen LogP contribution in [0.4, 0.5) is 19.3 Å². The molecule has 0 radical (unpaired) electrons. The highest BCUT2D eigenvalue weighted by atomic mass is 19.1. The van der Waals surface area contributed by atoms with Crippen molar-refractivity contribution in [3.63, 3.8) is 0 Å². The van der Waals surface area contributed by atoms with Crippen molar-refractivity contribution in [3.05, 3.63) is 65.7 Å². The molecular weight excluding hydrogens is 330 g/mol. The third kappa shape index (κ3) is 3.23. The Balaban J connectivity index is 1.80. The Labute approximate surface area is 143 Å². The molecular formula is C18H16F2N2O3. The highest BCUT2D eigenvalue weighted by Crippen LogP contribution is 2.27. The van der Waals surface area contributed by atoms with Gasteiger partial charge in [-0.2, -0.15) is 0 Å². The normalized spacial score (nSPS) is 18.8. The Bertz CT molecular complexity index is 793. The number of halogens is 2. The highest BCUT2D eigenvalue weighted by Gasteiger charge is 2.43. The van der Waals surface area contributed by atoms with E-state index in [9.17, 15) is 23.5 Å². The van der Waals surface area contributed by atoms with Gasteiger partial charge in [0.25, 0.3) is 5.91 Å². The summed E-state index contributed by atoms with van der Waals surface area (Å²) in [6.07, 6.45) is -1.13. The molecule has 1 saturated heterocycles. The zero-order valence-corrected chi connectivity index (χ0v) is 13.4. The topological polar surface area (TPSA) is 60.9 Å². The lowest BCUT2D eigenvalue weighted by molar-refractivity contribution is -0.127. The molecule has 1 aliphatic rings. The van der Waals surface area contributed by atoms with Crippen LogP contribution in [0.3, 0.4) is 0 Å². The van der Waals surface area contributed by atoms with Gasteiger partial charge >= 0.3 is 6.03 Å². The average molecular weight is 346 g/mol. The second-order valence-corrected chi connectivity index (χ2v) is 5.82. The van der Waals surface area contributed by atoms with Gasteiger partial charge in [0.2, 0.25) is 0 Å². The first-order valence-corrected chi connectivity index (χ1v) is 7.72. The predicted molar refractivity (Wildman–Crippen MR) is 86.8 cm³/mol. The number of nitrogens with zero attached hydrogens (tertiary/aromatic N) is 2. The standard InChI is InChI=1S/C18H16F2N2O3/c1-11-17(24)21(10-16(23)12-2-4-13(19)5-3-12)18(25)22(11)15-8-6-14(20)7-9-15/h2-9,11,16,23H,10H2,1H3. The van der Waals surface area contributed by atoms with Crippen molar-refractivity contribution in [2.24, 2.45) is 0 Å². The van der Waals surface area contributed by atoms with Crippen LogP contribution in [0.1, 0.15) is 18.6 Å². The lowest BCUT2D eigenvalue weighted by Crippen LogP contribution is -2.36. The number of benzene rings is 2. The molecule has 2 aromatic carbocycles. The Morgan fingerprint density at radius 1 is 1.00 bits per heavy atom. The number of carbonyl (C=O) groups excluding carboxylic acids is 2. The minimum absolute atomic E-state index is 0.245. The van der Waals surface area contributed by atoms with Crippen LogP contribution >= 0.6 is 0 Å². The third-order valence-electron chi connectivity index (χ3n) is 4.16. The number of β-amino-alcohol motifs (C(OH)–C–C–N with tert-alkyl or cyclic N) is 1. The lowest BCUT2D eigenvalue weighted by Gasteiger charge is -2.20. The summed E-state index contributed by atoms with van der Waals surface area (Å²) in [5, 5.41) is 10.3. The molecule has 0 aliphatic carbocycles. The van der Waals surface area contributed by atoms with Gasteiger partial charge in [0, 0.05) is 5.69 Å². The smallest absolute Gasteiger partial charge is 0.332 e. The molecule has 5 nitrogen and oxygen atoms in total. The Morgan fingerprint density at radius 2 is 1.52 bits per heavy atom. The van der Waals surface area contributed by atoms with Gasteiger partial charge in [0.15, 0.2) is 0 Å². The number of anilines is 1. The third-order valence-corrected chi connectivity index (χ3v) is 4.16. The Hall–Kier alpha value is -2.80. The van der Waals surface area contributed by atoms with Crippen molar-refractivity contribution in [3.8, 4) is 0 Å². The molecule has 3 rings (SSSR count). The molecule has 1 aliphatic heterocycles. The van der Waals surface area contributed by atoms with Crippen LogP contribution in [-0.4, -0.2) is 34.5 Å². The summed E-state index contributed by atoms with van der Waals surface area (Å²) in [4.78, 5) is 27.2. The largest absolute Gasteiger partial charge is 0.387 e. The van der Waals surface area contributed by atoms with Gasteiger partial charge in [-0.25, -0.2) is 13.6 Å². The summed E-state index contributed by atoms with van der Waals surface area (Å²) in [6.45, 7) is 1.32. The van der Waals surface area contributed by atoms with Crippen molar-refractivity contribution in [2.45, 2.75) is 19.1 Å². The lowest BCUT2D eigenvalue weighted by atomic mass is 10.1. The number of amides is 3. The number of imide groups is 1. The molecule has 1 N–H and O–H groups in total. The van der Waals surface area contributed by atoms with Gasteiger partial charge < -0.3 is 5.11 Å². The van der Waals surface area contributed by atoms with Crippen molar-refractivity contribution in [2.75, 3.05) is 11.4 Å². The Morgan fingerprint density at radius 3 is 2.08 bits per heavy atom. The van der Waals surface area contributed by atoms with E-state index in [0.29, 0.717) is 11.3 Å². The van der Waals surface area contributed by atoms with Gasteiger partial charge in [-0.1, -0.05) is 12.1 Å². The minimum Gasteiger partial charge on any atom is -0.387 e. The van der Waals surface area contributed by atoms with Gasteiger partial charge in [0.05, 0.1) is 12.6 Å². The molecule has 2 aromatic rings. The molecule has 0 aromatic heterocycles. The van der Waals surface area contributed by atoms with Crippen LogP contribution in [-0.2, 0) is 4.79 Å².